The topological polar surface area (TPSA) is 55.8 Å². The number of aryl methyl sites for hydroxylation is 1. The summed E-state index contributed by atoms with van der Waals surface area (Å²) in [4.78, 5) is 10.8. The molecule has 0 aromatic heterocycles. The maximum absolute atomic E-state index is 10.8. The molecule has 1 aromatic rings. The van der Waals surface area contributed by atoms with Gasteiger partial charge in [-0.2, -0.15) is 0 Å². The lowest BCUT2D eigenvalue weighted by molar-refractivity contribution is 0.0695. The Labute approximate surface area is 108 Å². The van der Waals surface area contributed by atoms with Gasteiger partial charge in [-0.05, 0) is 36.6 Å². The SMILES string of the molecule is Cc1cc(OCCOCC(C)C)ccc1C(=O)O. The molecule has 18 heavy (non-hydrogen) atoms. The van der Waals surface area contributed by atoms with Crippen LogP contribution in [-0.2, 0) is 4.74 Å². The highest BCUT2D eigenvalue weighted by molar-refractivity contribution is 5.89. The fourth-order valence-electron chi connectivity index (χ4n) is 1.50. The monoisotopic (exact) mass is 252 g/mol. The molecule has 4 heteroatoms. The molecule has 0 fully saturated rings. The number of rotatable bonds is 7. The third-order valence-electron chi connectivity index (χ3n) is 2.38. The van der Waals surface area contributed by atoms with Crippen molar-refractivity contribution in [2.75, 3.05) is 19.8 Å². The van der Waals surface area contributed by atoms with E-state index in [1.54, 1.807) is 25.1 Å². The van der Waals surface area contributed by atoms with Crippen LogP contribution >= 0.6 is 0 Å². The highest BCUT2D eigenvalue weighted by Gasteiger charge is 2.07. The molecular weight excluding hydrogens is 232 g/mol. The van der Waals surface area contributed by atoms with Crippen LogP contribution in [0.25, 0.3) is 0 Å². The van der Waals surface area contributed by atoms with E-state index in [-0.39, 0.29) is 0 Å². The first kappa shape index (κ1) is 14.5. The molecule has 4 nitrogen and oxygen atoms in total. The molecule has 0 unspecified atom stereocenters. The van der Waals surface area contributed by atoms with Crippen LogP contribution in [0, 0.1) is 12.8 Å². The standard InChI is InChI=1S/C14H20O4/c1-10(2)9-17-6-7-18-12-4-5-13(14(15)16)11(3)8-12/h4-5,8,10H,6-7,9H2,1-3H3,(H,15,16). The van der Waals surface area contributed by atoms with Crippen LogP contribution in [0.3, 0.4) is 0 Å². The van der Waals surface area contributed by atoms with Gasteiger partial charge in [0, 0.05) is 6.61 Å². The number of carboxylic acids is 1. The Morgan fingerprint density at radius 1 is 1.33 bits per heavy atom. The number of ether oxygens (including phenoxy) is 2. The second kappa shape index (κ2) is 7.01. The van der Waals surface area contributed by atoms with E-state index in [9.17, 15) is 4.79 Å². The molecule has 1 rings (SSSR count). The number of aromatic carboxylic acids is 1. The Balaban J connectivity index is 2.39. The minimum absolute atomic E-state index is 0.304. The lowest BCUT2D eigenvalue weighted by Crippen LogP contribution is -2.10. The van der Waals surface area contributed by atoms with E-state index < -0.39 is 5.97 Å². The van der Waals surface area contributed by atoms with Crippen molar-refractivity contribution in [2.24, 2.45) is 5.92 Å². The van der Waals surface area contributed by atoms with E-state index in [0.717, 1.165) is 6.61 Å². The summed E-state index contributed by atoms with van der Waals surface area (Å²) >= 11 is 0. The van der Waals surface area contributed by atoms with Crippen LogP contribution in [0.2, 0.25) is 0 Å². The molecule has 0 amide bonds. The van der Waals surface area contributed by atoms with Crippen LogP contribution in [0.5, 0.6) is 5.75 Å². The molecule has 0 aliphatic rings. The summed E-state index contributed by atoms with van der Waals surface area (Å²) in [5.74, 6) is 0.270. The predicted molar refractivity (Wildman–Crippen MR) is 69.3 cm³/mol. The second-order valence-corrected chi connectivity index (χ2v) is 4.60. The molecule has 0 saturated carbocycles. The van der Waals surface area contributed by atoms with Crippen molar-refractivity contribution >= 4 is 5.97 Å². The molecule has 0 saturated heterocycles. The van der Waals surface area contributed by atoms with Gasteiger partial charge in [0.1, 0.15) is 12.4 Å². The van der Waals surface area contributed by atoms with Gasteiger partial charge in [-0.1, -0.05) is 13.8 Å². The van der Waals surface area contributed by atoms with Gasteiger partial charge in [0.15, 0.2) is 0 Å². The largest absolute Gasteiger partial charge is 0.491 e. The van der Waals surface area contributed by atoms with Crippen molar-refractivity contribution in [1.82, 2.24) is 0 Å². The van der Waals surface area contributed by atoms with E-state index in [0.29, 0.717) is 36.0 Å². The summed E-state index contributed by atoms with van der Waals surface area (Å²) in [7, 11) is 0. The summed E-state index contributed by atoms with van der Waals surface area (Å²) in [6.07, 6.45) is 0. The summed E-state index contributed by atoms with van der Waals surface area (Å²) in [5, 5.41) is 8.89. The van der Waals surface area contributed by atoms with Crippen molar-refractivity contribution < 1.29 is 19.4 Å². The Morgan fingerprint density at radius 2 is 2.06 bits per heavy atom. The van der Waals surface area contributed by atoms with Crippen LogP contribution in [0.4, 0.5) is 0 Å². The maximum Gasteiger partial charge on any atom is 0.335 e. The van der Waals surface area contributed by atoms with Crippen LogP contribution in [-0.4, -0.2) is 30.9 Å². The van der Waals surface area contributed by atoms with E-state index in [2.05, 4.69) is 13.8 Å². The Hall–Kier alpha value is -1.55. The van der Waals surface area contributed by atoms with Crippen molar-refractivity contribution in [3.8, 4) is 5.75 Å². The van der Waals surface area contributed by atoms with Crippen molar-refractivity contribution in [3.05, 3.63) is 29.3 Å². The van der Waals surface area contributed by atoms with Gasteiger partial charge >= 0.3 is 5.97 Å². The normalized spacial score (nSPS) is 10.7. The molecule has 0 spiro atoms. The maximum atomic E-state index is 10.8. The zero-order valence-corrected chi connectivity index (χ0v) is 11.1. The van der Waals surface area contributed by atoms with Crippen LogP contribution in [0.15, 0.2) is 18.2 Å². The summed E-state index contributed by atoms with van der Waals surface area (Å²) in [6.45, 7) is 7.67. The minimum atomic E-state index is -0.917. The molecule has 1 N–H and O–H groups in total. The lowest BCUT2D eigenvalue weighted by Gasteiger charge is -2.10. The fraction of sp³-hybridized carbons (Fsp3) is 0.500. The van der Waals surface area contributed by atoms with Crippen molar-refractivity contribution in [3.63, 3.8) is 0 Å². The van der Waals surface area contributed by atoms with E-state index in [4.69, 9.17) is 14.6 Å². The Bertz CT molecular complexity index is 399. The van der Waals surface area contributed by atoms with E-state index >= 15 is 0 Å². The van der Waals surface area contributed by atoms with Crippen molar-refractivity contribution in [2.45, 2.75) is 20.8 Å². The number of hydrogen-bond donors (Lipinski definition) is 1. The third kappa shape index (κ3) is 4.75. The number of hydrogen-bond acceptors (Lipinski definition) is 3. The predicted octanol–water partition coefficient (Wildman–Crippen LogP) is 2.74. The Morgan fingerprint density at radius 3 is 2.61 bits per heavy atom. The molecule has 0 bridgehead atoms. The zero-order valence-electron chi connectivity index (χ0n) is 11.1. The van der Waals surface area contributed by atoms with Gasteiger partial charge in [0.2, 0.25) is 0 Å². The first-order valence-corrected chi connectivity index (χ1v) is 6.05. The molecular formula is C14H20O4. The smallest absolute Gasteiger partial charge is 0.335 e. The average molecular weight is 252 g/mol. The fourth-order valence-corrected chi connectivity index (χ4v) is 1.50. The molecule has 1 aromatic carbocycles. The quantitative estimate of drug-likeness (QED) is 0.758. The molecule has 0 atom stereocenters. The molecule has 0 radical (unpaired) electrons. The van der Waals surface area contributed by atoms with E-state index in [1.165, 1.54) is 0 Å². The highest BCUT2D eigenvalue weighted by Crippen LogP contribution is 2.17. The zero-order chi connectivity index (χ0) is 13.5. The van der Waals surface area contributed by atoms with Gasteiger partial charge in [0.25, 0.3) is 0 Å². The molecule has 0 aliphatic carbocycles. The van der Waals surface area contributed by atoms with Gasteiger partial charge in [-0.3, -0.25) is 0 Å². The Kier molecular flexibility index (Phi) is 5.65. The lowest BCUT2D eigenvalue weighted by atomic mass is 10.1. The van der Waals surface area contributed by atoms with Gasteiger partial charge < -0.3 is 14.6 Å². The summed E-state index contributed by atoms with van der Waals surface area (Å²) < 4.78 is 10.9. The first-order valence-electron chi connectivity index (χ1n) is 6.05. The number of benzene rings is 1. The second-order valence-electron chi connectivity index (χ2n) is 4.60. The summed E-state index contributed by atoms with van der Waals surface area (Å²) in [5.41, 5.74) is 1.00. The van der Waals surface area contributed by atoms with Gasteiger partial charge in [0.05, 0.1) is 12.2 Å². The molecule has 100 valence electrons. The summed E-state index contributed by atoms with van der Waals surface area (Å²) in [6, 6.07) is 4.95. The first-order chi connectivity index (χ1) is 8.50. The van der Waals surface area contributed by atoms with Crippen LogP contribution in [0.1, 0.15) is 29.8 Å². The molecule has 0 aliphatic heterocycles. The third-order valence-corrected chi connectivity index (χ3v) is 2.38. The highest BCUT2D eigenvalue weighted by atomic mass is 16.5. The van der Waals surface area contributed by atoms with Gasteiger partial charge in [-0.25, -0.2) is 4.79 Å². The average Bonchev–Trinajstić information content (AvgIpc) is 2.27. The van der Waals surface area contributed by atoms with Gasteiger partial charge in [-0.15, -0.1) is 0 Å². The molecule has 0 heterocycles. The van der Waals surface area contributed by atoms with E-state index in [1.807, 2.05) is 0 Å². The number of carboxylic acid groups (broad SMARTS) is 1. The van der Waals surface area contributed by atoms with Crippen LogP contribution < -0.4 is 4.74 Å². The minimum Gasteiger partial charge on any atom is -0.491 e. The van der Waals surface area contributed by atoms with Crippen molar-refractivity contribution in [1.29, 1.82) is 0 Å². The number of carbonyl (C=O) groups is 1.